The molecule has 2 rings (SSSR count). The molecule has 1 atom stereocenters. The Morgan fingerprint density at radius 1 is 1.57 bits per heavy atom. The molecule has 0 bridgehead atoms. The zero-order valence-corrected chi connectivity index (χ0v) is 9.20. The highest BCUT2D eigenvalue weighted by Gasteiger charge is 2.40. The molecular formula is C11H19N3. The van der Waals surface area contributed by atoms with Gasteiger partial charge in [0.25, 0.3) is 0 Å². The molecule has 0 radical (unpaired) electrons. The molecule has 78 valence electrons. The van der Waals surface area contributed by atoms with Crippen molar-refractivity contribution in [2.75, 3.05) is 0 Å². The second kappa shape index (κ2) is 3.09. The lowest BCUT2D eigenvalue weighted by Gasteiger charge is -2.29. The predicted molar refractivity (Wildman–Crippen MR) is 56.9 cm³/mol. The van der Waals surface area contributed by atoms with Gasteiger partial charge in [-0.05, 0) is 39.5 Å². The van der Waals surface area contributed by atoms with Crippen molar-refractivity contribution in [3.05, 3.63) is 18.2 Å². The quantitative estimate of drug-likeness (QED) is 0.798. The number of aromatic nitrogens is 2. The van der Waals surface area contributed by atoms with Gasteiger partial charge in [0.1, 0.15) is 0 Å². The summed E-state index contributed by atoms with van der Waals surface area (Å²) < 4.78 is 2.25. The molecule has 1 unspecified atom stereocenters. The van der Waals surface area contributed by atoms with Crippen LogP contribution in [-0.2, 0) is 5.54 Å². The Kier molecular flexibility index (Phi) is 2.14. The van der Waals surface area contributed by atoms with Crippen molar-refractivity contribution in [3.63, 3.8) is 0 Å². The Hall–Kier alpha value is -0.830. The van der Waals surface area contributed by atoms with E-state index >= 15 is 0 Å². The van der Waals surface area contributed by atoms with Crippen LogP contribution in [0.25, 0.3) is 0 Å². The number of nitrogens with two attached hydrogens (primary N) is 1. The molecule has 0 amide bonds. The van der Waals surface area contributed by atoms with E-state index in [1.54, 1.807) is 0 Å². The topological polar surface area (TPSA) is 43.8 Å². The minimum atomic E-state index is 0.0653. The fraction of sp³-hybridized carbons (Fsp3) is 0.727. The highest BCUT2D eigenvalue weighted by atomic mass is 15.1. The first-order valence-electron chi connectivity index (χ1n) is 5.32. The van der Waals surface area contributed by atoms with E-state index in [4.69, 9.17) is 5.73 Å². The molecule has 14 heavy (non-hydrogen) atoms. The summed E-state index contributed by atoms with van der Waals surface area (Å²) in [6, 6.07) is 0.0653. The second-order valence-corrected chi connectivity index (χ2v) is 4.91. The molecule has 1 aromatic heterocycles. The average molecular weight is 193 g/mol. The zero-order valence-electron chi connectivity index (χ0n) is 9.20. The molecule has 3 heteroatoms. The molecule has 2 N–H and O–H groups in total. The van der Waals surface area contributed by atoms with Gasteiger partial charge >= 0.3 is 0 Å². The Bertz CT molecular complexity index is 321. The van der Waals surface area contributed by atoms with E-state index in [2.05, 4.69) is 23.4 Å². The van der Waals surface area contributed by atoms with Gasteiger partial charge in [0.15, 0.2) is 0 Å². The molecule has 0 saturated heterocycles. The first-order valence-corrected chi connectivity index (χ1v) is 5.32. The van der Waals surface area contributed by atoms with Gasteiger partial charge in [0.05, 0.1) is 12.0 Å². The number of nitrogens with zero attached hydrogens (tertiary/aromatic N) is 2. The van der Waals surface area contributed by atoms with Crippen LogP contribution in [0, 0.1) is 5.92 Å². The van der Waals surface area contributed by atoms with Crippen molar-refractivity contribution in [2.45, 2.75) is 45.2 Å². The van der Waals surface area contributed by atoms with Gasteiger partial charge in [0, 0.05) is 17.8 Å². The third-order valence-electron chi connectivity index (χ3n) is 3.33. The largest absolute Gasteiger partial charge is 0.327 e. The molecular weight excluding hydrogens is 174 g/mol. The Morgan fingerprint density at radius 2 is 2.21 bits per heavy atom. The normalized spacial score (nSPS) is 19.7. The molecule has 1 aliphatic rings. The predicted octanol–water partition coefficient (Wildman–Crippen LogP) is 2.05. The summed E-state index contributed by atoms with van der Waals surface area (Å²) in [6.45, 7) is 6.56. The lowest BCUT2D eigenvalue weighted by atomic mass is 9.97. The van der Waals surface area contributed by atoms with Crippen LogP contribution in [0.15, 0.2) is 12.5 Å². The van der Waals surface area contributed by atoms with E-state index in [-0.39, 0.29) is 11.6 Å². The SMILES string of the molecule is CC(N)c1cncn1C(C)(C)C1CC1. The first-order chi connectivity index (χ1) is 6.53. The van der Waals surface area contributed by atoms with Crippen LogP contribution in [0.2, 0.25) is 0 Å². The van der Waals surface area contributed by atoms with Crippen LogP contribution < -0.4 is 5.73 Å². The molecule has 1 aliphatic carbocycles. The molecule has 1 saturated carbocycles. The van der Waals surface area contributed by atoms with Crippen molar-refractivity contribution in [3.8, 4) is 0 Å². The molecule has 1 heterocycles. The third-order valence-corrected chi connectivity index (χ3v) is 3.33. The summed E-state index contributed by atoms with van der Waals surface area (Å²) in [6.07, 6.45) is 6.47. The molecule has 1 aromatic rings. The van der Waals surface area contributed by atoms with Gasteiger partial charge < -0.3 is 10.3 Å². The van der Waals surface area contributed by atoms with Crippen molar-refractivity contribution >= 4 is 0 Å². The zero-order chi connectivity index (χ0) is 10.3. The Morgan fingerprint density at radius 3 is 2.71 bits per heavy atom. The van der Waals surface area contributed by atoms with Crippen LogP contribution in [0.5, 0.6) is 0 Å². The lowest BCUT2D eigenvalue weighted by molar-refractivity contribution is 0.292. The minimum Gasteiger partial charge on any atom is -0.327 e. The maximum absolute atomic E-state index is 5.92. The monoisotopic (exact) mass is 193 g/mol. The van der Waals surface area contributed by atoms with Gasteiger partial charge in [-0.25, -0.2) is 4.98 Å². The summed E-state index contributed by atoms with van der Waals surface area (Å²) in [5, 5.41) is 0. The van der Waals surface area contributed by atoms with Crippen LogP contribution in [0.1, 0.15) is 45.3 Å². The molecule has 0 spiro atoms. The van der Waals surface area contributed by atoms with Gasteiger partial charge in [-0.3, -0.25) is 0 Å². The molecule has 1 fully saturated rings. The second-order valence-electron chi connectivity index (χ2n) is 4.91. The van der Waals surface area contributed by atoms with Crippen molar-refractivity contribution in [1.82, 2.24) is 9.55 Å². The number of hydrogen-bond acceptors (Lipinski definition) is 2. The van der Waals surface area contributed by atoms with Crippen molar-refractivity contribution in [2.24, 2.45) is 11.7 Å². The fourth-order valence-electron chi connectivity index (χ4n) is 2.11. The first kappa shape index (κ1) is 9.71. The standard InChI is InChI=1S/C11H19N3/c1-8(12)10-6-13-7-14(10)11(2,3)9-4-5-9/h6-9H,4-5,12H2,1-3H3. The van der Waals surface area contributed by atoms with Crippen LogP contribution in [-0.4, -0.2) is 9.55 Å². The maximum Gasteiger partial charge on any atom is 0.0953 e. The summed E-state index contributed by atoms with van der Waals surface area (Å²) in [4.78, 5) is 4.20. The van der Waals surface area contributed by atoms with Crippen molar-refractivity contribution in [1.29, 1.82) is 0 Å². The summed E-state index contributed by atoms with van der Waals surface area (Å²) >= 11 is 0. The molecule has 0 aromatic carbocycles. The number of rotatable bonds is 3. The van der Waals surface area contributed by atoms with Gasteiger partial charge in [-0.15, -0.1) is 0 Å². The smallest absolute Gasteiger partial charge is 0.0953 e. The fourth-order valence-corrected chi connectivity index (χ4v) is 2.11. The molecule has 3 nitrogen and oxygen atoms in total. The van der Waals surface area contributed by atoms with E-state index in [9.17, 15) is 0 Å². The third kappa shape index (κ3) is 1.46. The average Bonchev–Trinajstić information content (AvgIpc) is 2.82. The van der Waals surface area contributed by atoms with Gasteiger partial charge in [-0.1, -0.05) is 0 Å². The maximum atomic E-state index is 5.92. The van der Waals surface area contributed by atoms with Crippen LogP contribution >= 0.6 is 0 Å². The van der Waals surface area contributed by atoms with Gasteiger partial charge in [0.2, 0.25) is 0 Å². The molecule has 0 aliphatic heterocycles. The van der Waals surface area contributed by atoms with Crippen molar-refractivity contribution < 1.29 is 0 Å². The Balaban J connectivity index is 2.34. The van der Waals surface area contributed by atoms with E-state index in [1.807, 2.05) is 19.4 Å². The minimum absolute atomic E-state index is 0.0653. The van der Waals surface area contributed by atoms with E-state index < -0.39 is 0 Å². The summed E-state index contributed by atoms with van der Waals surface area (Å²) in [7, 11) is 0. The van der Waals surface area contributed by atoms with E-state index in [1.165, 1.54) is 12.8 Å². The number of hydrogen-bond donors (Lipinski definition) is 1. The highest BCUT2D eigenvalue weighted by Crippen LogP contribution is 2.44. The lowest BCUT2D eigenvalue weighted by Crippen LogP contribution is -2.31. The number of imidazole rings is 1. The summed E-state index contributed by atoms with van der Waals surface area (Å²) in [5.74, 6) is 0.800. The highest BCUT2D eigenvalue weighted by molar-refractivity contribution is 5.09. The van der Waals surface area contributed by atoms with E-state index in [0.29, 0.717) is 0 Å². The van der Waals surface area contributed by atoms with Crippen LogP contribution in [0.4, 0.5) is 0 Å². The van der Waals surface area contributed by atoms with Gasteiger partial charge in [-0.2, -0.15) is 0 Å². The summed E-state index contributed by atoms with van der Waals surface area (Å²) in [5.41, 5.74) is 7.24. The Labute approximate surface area is 85.3 Å². The van der Waals surface area contributed by atoms with Crippen LogP contribution in [0.3, 0.4) is 0 Å². The van der Waals surface area contributed by atoms with E-state index in [0.717, 1.165) is 11.6 Å².